The lowest BCUT2D eigenvalue weighted by Crippen LogP contribution is -2.19. The number of benzene rings is 1. The van der Waals surface area contributed by atoms with Gasteiger partial charge in [-0.15, -0.1) is 0 Å². The fourth-order valence-electron chi connectivity index (χ4n) is 1.36. The van der Waals surface area contributed by atoms with Crippen LogP contribution >= 0.6 is 0 Å². The van der Waals surface area contributed by atoms with E-state index in [1.807, 2.05) is 0 Å². The highest BCUT2D eigenvalue weighted by molar-refractivity contribution is 5.90. The van der Waals surface area contributed by atoms with Crippen LogP contribution in [0.1, 0.15) is 0 Å². The fourth-order valence-corrected chi connectivity index (χ4v) is 1.36. The van der Waals surface area contributed by atoms with Crippen LogP contribution in [0.5, 0.6) is 0 Å². The van der Waals surface area contributed by atoms with Crippen molar-refractivity contribution in [1.82, 2.24) is 9.55 Å². The van der Waals surface area contributed by atoms with Crippen LogP contribution in [0, 0.1) is 17.5 Å². The number of nitrogens with zero attached hydrogens (tertiary/aromatic N) is 2. The van der Waals surface area contributed by atoms with E-state index in [9.17, 15) is 18.0 Å². The second kappa shape index (κ2) is 4.91. The van der Waals surface area contributed by atoms with E-state index in [0.29, 0.717) is 0 Å². The highest BCUT2D eigenvalue weighted by Crippen LogP contribution is 2.19. The second-order valence-corrected chi connectivity index (χ2v) is 3.51. The first-order chi connectivity index (χ1) is 8.58. The van der Waals surface area contributed by atoms with Gasteiger partial charge in [0.1, 0.15) is 6.54 Å². The lowest BCUT2D eigenvalue weighted by Gasteiger charge is -2.07. The van der Waals surface area contributed by atoms with Crippen molar-refractivity contribution < 1.29 is 18.0 Å². The summed E-state index contributed by atoms with van der Waals surface area (Å²) in [7, 11) is 0. The molecule has 0 aliphatic heterocycles. The van der Waals surface area contributed by atoms with Crippen molar-refractivity contribution in [2.24, 2.45) is 0 Å². The van der Waals surface area contributed by atoms with Gasteiger partial charge in [0.15, 0.2) is 17.5 Å². The number of aromatic nitrogens is 2. The number of amides is 1. The average molecular weight is 255 g/mol. The minimum atomic E-state index is -1.62. The van der Waals surface area contributed by atoms with Crippen LogP contribution in [-0.2, 0) is 11.3 Å². The number of halogens is 3. The molecule has 0 atom stereocenters. The van der Waals surface area contributed by atoms with Gasteiger partial charge < -0.3 is 9.88 Å². The molecule has 0 aliphatic carbocycles. The molecule has 0 radical (unpaired) electrons. The van der Waals surface area contributed by atoms with Crippen molar-refractivity contribution in [3.63, 3.8) is 0 Å². The quantitative estimate of drug-likeness (QED) is 0.852. The summed E-state index contributed by atoms with van der Waals surface area (Å²) in [6, 6.07) is 1.70. The van der Waals surface area contributed by atoms with Crippen molar-refractivity contribution in [3.05, 3.63) is 48.3 Å². The Bertz CT molecular complexity index is 569. The fraction of sp³-hybridized carbons (Fsp3) is 0.0909. The molecule has 1 amide bonds. The molecule has 4 nitrogen and oxygen atoms in total. The topological polar surface area (TPSA) is 46.9 Å². The normalized spacial score (nSPS) is 10.4. The highest BCUT2D eigenvalue weighted by Gasteiger charge is 2.15. The van der Waals surface area contributed by atoms with Crippen molar-refractivity contribution in [1.29, 1.82) is 0 Å². The van der Waals surface area contributed by atoms with Gasteiger partial charge in [-0.25, -0.2) is 18.2 Å². The van der Waals surface area contributed by atoms with Crippen molar-refractivity contribution in [2.75, 3.05) is 5.32 Å². The Morgan fingerprint density at radius 3 is 2.72 bits per heavy atom. The summed E-state index contributed by atoms with van der Waals surface area (Å²) in [5.41, 5.74) is -0.404. The minimum absolute atomic E-state index is 0.0988. The van der Waals surface area contributed by atoms with E-state index in [1.54, 1.807) is 6.20 Å². The average Bonchev–Trinajstić information content (AvgIpc) is 2.83. The summed E-state index contributed by atoms with van der Waals surface area (Å²) in [6.07, 6.45) is 4.42. The van der Waals surface area contributed by atoms with Crippen LogP contribution in [0.25, 0.3) is 0 Å². The lowest BCUT2D eigenvalue weighted by atomic mass is 10.2. The molecule has 0 spiro atoms. The lowest BCUT2D eigenvalue weighted by molar-refractivity contribution is -0.116. The van der Waals surface area contributed by atoms with Gasteiger partial charge in [0, 0.05) is 12.4 Å². The Morgan fingerprint density at radius 2 is 2.06 bits per heavy atom. The van der Waals surface area contributed by atoms with Crippen LogP contribution in [0.3, 0.4) is 0 Å². The number of hydrogen-bond acceptors (Lipinski definition) is 2. The van der Waals surface area contributed by atoms with Crippen molar-refractivity contribution in [3.8, 4) is 0 Å². The molecule has 1 aromatic carbocycles. The molecule has 1 heterocycles. The molecule has 18 heavy (non-hydrogen) atoms. The van der Waals surface area contributed by atoms with Crippen LogP contribution in [0.2, 0.25) is 0 Å². The molecular formula is C11H8F3N3O. The van der Waals surface area contributed by atoms with Gasteiger partial charge in [-0.05, 0) is 12.1 Å². The monoisotopic (exact) mass is 255 g/mol. The van der Waals surface area contributed by atoms with E-state index in [4.69, 9.17) is 0 Å². The smallest absolute Gasteiger partial charge is 0.244 e. The van der Waals surface area contributed by atoms with Gasteiger partial charge in [-0.2, -0.15) is 0 Å². The van der Waals surface area contributed by atoms with Gasteiger partial charge in [0.05, 0.1) is 12.0 Å². The third kappa shape index (κ3) is 2.50. The van der Waals surface area contributed by atoms with Crippen LogP contribution in [-0.4, -0.2) is 15.5 Å². The summed E-state index contributed by atoms with van der Waals surface area (Å²) in [5.74, 6) is -4.91. The molecule has 0 saturated heterocycles. The molecule has 1 N–H and O–H groups in total. The predicted molar refractivity (Wildman–Crippen MR) is 57.2 cm³/mol. The molecule has 0 saturated carbocycles. The number of carbonyl (C=O) groups is 1. The molecular weight excluding hydrogens is 247 g/mol. The predicted octanol–water partition coefficient (Wildman–Crippen LogP) is 1.94. The Morgan fingerprint density at radius 1 is 1.28 bits per heavy atom. The molecule has 2 aromatic rings. The Labute approximate surface area is 100 Å². The summed E-state index contributed by atoms with van der Waals surface area (Å²) < 4.78 is 40.3. The first-order valence-corrected chi connectivity index (χ1v) is 4.97. The maximum atomic E-state index is 13.3. The first-order valence-electron chi connectivity index (χ1n) is 4.97. The van der Waals surface area contributed by atoms with Gasteiger partial charge in [0.2, 0.25) is 5.91 Å². The van der Waals surface area contributed by atoms with E-state index in [2.05, 4.69) is 10.3 Å². The number of hydrogen-bond donors (Lipinski definition) is 1. The summed E-state index contributed by atoms with van der Waals surface area (Å²) in [6.45, 7) is -0.0988. The van der Waals surface area contributed by atoms with Crippen LogP contribution in [0.15, 0.2) is 30.9 Å². The molecule has 1 aromatic heterocycles. The van der Waals surface area contributed by atoms with E-state index in [0.717, 1.165) is 12.1 Å². The zero-order valence-electron chi connectivity index (χ0n) is 9.03. The summed E-state index contributed by atoms with van der Waals surface area (Å²) in [5, 5.41) is 2.15. The molecule has 7 heteroatoms. The Kier molecular flexibility index (Phi) is 3.31. The largest absolute Gasteiger partial charge is 0.328 e. The SMILES string of the molecule is O=C(Cn1ccnc1)Nc1ccc(F)c(F)c1F. The third-order valence-electron chi connectivity index (χ3n) is 2.19. The zero-order valence-corrected chi connectivity index (χ0v) is 9.03. The highest BCUT2D eigenvalue weighted by atomic mass is 19.2. The molecule has 0 aliphatic rings. The number of anilines is 1. The summed E-state index contributed by atoms with van der Waals surface area (Å²) in [4.78, 5) is 15.2. The number of carbonyl (C=O) groups excluding carboxylic acids is 1. The third-order valence-corrected chi connectivity index (χ3v) is 2.19. The molecule has 0 unspecified atom stereocenters. The van der Waals surface area contributed by atoms with E-state index in [-0.39, 0.29) is 6.54 Å². The molecule has 0 fully saturated rings. The maximum absolute atomic E-state index is 13.3. The van der Waals surface area contributed by atoms with E-state index < -0.39 is 29.0 Å². The number of imidazole rings is 1. The number of nitrogens with one attached hydrogen (secondary N) is 1. The van der Waals surface area contributed by atoms with Crippen molar-refractivity contribution in [2.45, 2.75) is 6.54 Å². The van der Waals surface area contributed by atoms with Gasteiger partial charge in [-0.1, -0.05) is 0 Å². The van der Waals surface area contributed by atoms with Gasteiger partial charge in [0.25, 0.3) is 0 Å². The second-order valence-electron chi connectivity index (χ2n) is 3.51. The molecule has 2 rings (SSSR count). The van der Waals surface area contributed by atoms with Gasteiger partial charge >= 0.3 is 0 Å². The van der Waals surface area contributed by atoms with Crippen LogP contribution < -0.4 is 5.32 Å². The standard InChI is InChI=1S/C11H8F3N3O/c12-7-1-2-8(11(14)10(7)13)16-9(18)5-17-4-3-15-6-17/h1-4,6H,5H2,(H,16,18). The minimum Gasteiger partial charge on any atom is -0.328 e. The summed E-state index contributed by atoms with van der Waals surface area (Å²) >= 11 is 0. The molecule has 94 valence electrons. The Hall–Kier alpha value is -2.31. The van der Waals surface area contributed by atoms with E-state index >= 15 is 0 Å². The van der Waals surface area contributed by atoms with E-state index in [1.165, 1.54) is 17.1 Å². The zero-order chi connectivity index (χ0) is 13.1. The first kappa shape index (κ1) is 12.2. The molecule has 0 bridgehead atoms. The number of rotatable bonds is 3. The maximum Gasteiger partial charge on any atom is 0.244 e. The van der Waals surface area contributed by atoms with Gasteiger partial charge in [-0.3, -0.25) is 4.79 Å². The van der Waals surface area contributed by atoms with Crippen molar-refractivity contribution >= 4 is 11.6 Å². The van der Waals surface area contributed by atoms with Crippen LogP contribution in [0.4, 0.5) is 18.9 Å². The Balaban J connectivity index is 2.10.